The van der Waals surface area contributed by atoms with Crippen LogP contribution in [0.15, 0.2) is 72.5 Å². The Kier molecular flexibility index (Phi) is 9.32. The van der Waals surface area contributed by atoms with Crippen LogP contribution in [-0.4, -0.2) is 78.0 Å². The highest BCUT2D eigenvalue weighted by Gasteiger charge is 2.40. The second-order valence-electron chi connectivity index (χ2n) is 9.47. The normalized spacial score (nSPS) is 20.1. The van der Waals surface area contributed by atoms with E-state index in [1.807, 2.05) is 17.9 Å². The fraction of sp³-hybridized carbons (Fsp3) is 0.345. The van der Waals surface area contributed by atoms with Gasteiger partial charge in [-0.3, -0.25) is 14.6 Å². The van der Waals surface area contributed by atoms with Gasteiger partial charge in [0.2, 0.25) is 0 Å². The van der Waals surface area contributed by atoms with Gasteiger partial charge in [-0.2, -0.15) is 0 Å². The fourth-order valence-corrected chi connectivity index (χ4v) is 5.41. The van der Waals surface area contributed by atoms with E-state index >= 15 is 0 Å². The predicted molar refractivity (Wildman–Crippen MR) is 152 cm³/mol. The molecule has 2 aliphatic rings. The molecule has 0 spiro atoms. The predicted octanol–water partition coefficient (Wildman–Crippen LogP) is 4.91. The molecule has 3 amide bonds. The number of nitrogens with zero attached hydrogens (tertiary/aromatic N) is 3. The lowest BCUT2D eigenvalue weighted by Crippen LogP contribution is -2.56. The Morgan fingerprint density at radius 2 is 1.85 bits per heavy atom. The Morgan fingerprint density at radius 1 is 1.13 bits per heavy atom. The van der Waals surface area contributed by atoms with Gasteiger partial charge in [-0.05, 0) is 49.7 Å². The molecule has 0 aromatic heterocycles. The van der Waals surface area contributed by atoms with Crippen molar-refractivity contribution in [1.29, 1.82) is 0 Å². The molecule has 4 rings (SSSR count). The minimum atomic E-state index is -0.772. The maximum Gasteiger partial charge on any atom is 0.338 e. The average molecular weight is 572 g/mol. The number of ether oxygens (including phenoxy) is 1. The molecule has 2 aromatic rings. The molecule has 2 atom stereocenters. The van der Waals surface area contributed by atoms with Crippen molar-refractivity contribution in [2.45, 2.75) is 25.9 Å². The first kappa shape index (κ1) is 28.7. The molecular weight excluding hydrogens is 539 g/mol. The van der Waals surface area contributed by atoms with Crippen LogP contribution in [0.3, 0.4) is 0 Å². The van der Waals surface area contributed by atoms with E-state index < -0.39 is 12.0 Å². The number of nitrogens with one attached hydrogen (secondary N) is 1. The molecular formula is C29H32Cl2N4O4. The largest absolute Gasteiger partial charge is 0.463 e. The molecule has 2 aliphatic heterocycles. The number of rotatable bonds is 8. The lowest BCUT2D eigenvalue weighted by atomic mass is 9.93. The number of halogens is 2. The fourth-order valence-electron chi connectivity index (χ4n) is 5.04. The molecule has 8 nitrogen and oxygen atoms in total. The summed E-state index contributed by atoms with van der Waals surface area (Å²) in [7, 11) is 0. The second-order valence-corrected chi connectivity index (χ2v) is 10.3. The maximum atomic E-state index is 13.4. The lowest BCUT2D eigenvalue weighted by Gasteiger charge is -2.43. The van der Waals surface area contributed by atoms with Crippen molar-refractivity contribution in [2.24, 2.45) is 0 Å². The van der Waals surface area contributed by atoms with E-state index in [2.05, 4.69) is 16.8 Å². The summed E-state index contributed by atoms with van der Waals surface area (Å²) in [6, 6.07) is 12.7. The number of benzene rings is 2. The lowest BCUT2D eigenvalue weighted by molar-refractivity contribution is -0.139. The molecule has 1 saturated heterocycles. The van der Waals surface area contributed by atoms with Gasteiger partial charge in [0.05, 0.1) is 18.2 Å². The highest BCUT2D eigenvalue weighted by Crippen LogP contribution is 2.35. The monoisotopic (exact) mass is 570 g/mol. The first-order valence-electron chi connectivity index (χ1n) is 12.9. The summed E-state index contributed by atoms with van der Waals surface area (Å²) in [5, 5.41) is 3.94. The SMILES string of the molecule is C=CCN1C(=O)N[C@@H](c2ccccc2Cl)C(C(=O)OCC)=C1CN1CCN(C(=O)c2ccc(Cl)cc2)[C@@H](C)C1. The Balaban J connectivity index is 1.65. The number of piperazine rings is 1. The van der Waals surface area contributed by atoms with Crippen molar-refractivity contribution in [3.05, 3.63) is 93.6 Å². The van der Waals surface area contributed by atoms with Gasteiger partial charge in [0.25, 0.3) is 5.91 Å². The summed E-state index contributed by atoms with van der Waals surface area (Å²) in [6.45, 7) is 9.84. The van der Waals surface area contributed by atoms with Gasteiger partial charge in [0.1, 0.15) is 0 Å². The minimum absolute atomic E-state index is 0.0608. The number of hydrogen-bond acceptors (Lipinski definition) is 5. The van der Waals surface area contributed by atoms with Crippen molar-refractivity contribution in [3.63, 3.8) is 0 Å². The van der Waals surface area contributed by atoms with Gasteiger partial charge in [0.15, 0.2) is 0 Å². The smallest absolute Gasteiger partial charge is 0.338 e. The summed E-state index contributed by atoms with van der Waals surface area (Å²) in [5.74, 6) is -0.578. The van der Waals surface area contributed by atoms with Gasteiger partial charge in [-0.15, -0.1) is 6.58 Å². The molecule has 0 unspecified atom stereocenters. The molecule has 0 aliphatic carbocycles. The van der Waals surface area contributed by atoms with Crippen molar-refractivity contribution in [1.82, 2.24) is 20.0 Å². The number of carbonyl (C=O) groups is 3. The van der Waals surface area contributed by atoms with Crippen LogP contribution in [0.2, 0.25) is 10.0 Å². The first-order valence-corrected chi connectivity index (χ1v) is 13.6. The van der Waals surface area contributed by atoms with Gasteiger partial charge >= 0.3 is 12.0 Å². The van der Waals surface area contributed by atoms with Crippen LogP contribution in [0.5, 0.6) is 0 Å². The average Bonchev–Trinajstić information content (AvgIpc) is 2.91. The van der Waals surface area contributed by atoms with E-state index in [4.69, 9.17) is 27.9 Å². The van der Waals surface area contributed by atoms with Gasteiger partial charge in [-0.25, -0.2) is 9.59 Å². The molecule has 2 heterocycles. The zero-order valence-electron chi connectivity index (χ0n) is 22.0. The molecule has 10 heteroatoms. The Morgan fingerprint density at radius 3 is 2.49 bits per heavy atom. The number of amides is 3. The van der Waals surface area contributed by atoms with E-state index in [1.165, 1.54) is 4.90 Å². The third kappa shape index (κ3) is 6.30. The molecule has 206 valence electrons. The highest BCUT2D eigenvalue weighted by molar-refractivity contribution is 6.31. The van der Waals surface area contributed by atoms with Gasteiger partial charge in [-0.1, -0.05) is 47.5 Å². The van der Waals surface area contributed by atoms with Crippen LogP contribution in [0.25, 0.3) is 0 Å². The topological polar surface area (TPSA) is 82.2 Å². The van der Waals surface area contributed by atoms with E-state index in [0.717, 1.165) is 0 Å². The Bertz CT molecular complexity index is 1280. The van der Waals surface area contributed by atoms with Crippen LogP contribution in [0, 0.1) is 0 Å². The maximum absolute atomic E-state index is 13.4. The molecule has 1 fully saturated rings. The molecule has 0 bridgehead atoms. The van der Waals surface area contributed by atoms with Crippen LogP contribution < -0.4 is 5.32 Å². The highest BCUT2D eigenvalue weighted by atomic mass is 35.5. The third-order valence-electron chi connectivity index (χ3n) is 6.90. The van der Waals surface area contributed by atoms with E-state index in [0.29, 0.717) is 58.6 Å². The first-order chi connectivity index (χ1) is 18.7. The van der Waals surface area contributed by atoms with E-state index in [-0.39, 0.29) is 31.1 Å². The van der Waals surface area contributed by atoms with Crippen LogP contribution in [0.4, 0.5) is 4.79 Å². The number of urea groups is 1. The van der Waals surface area contributed by atoms with Crippen molar-refractivity contribution >= 4 is 41.1 Å². The standard InChI is InChI=1S/C29H32Cl2N4O4/c1-4-14-35-24(18-33-15-16-34(19(3)17-33)27(36)20-10-12-21(30)13-11-20)25(28(37)39-5-2)26(32-29(35)38)22-8-6-7-9-23(22)31/h4,6-13,19,26H,1,5,14-18H2,2-3H3,(H,32,38)/t19-,26-/m0/s1. The summed E-state index contributed by atoms with van der Waals surface area (Å²) in [5.41, 5.74) is 2.05. The quantitative estimate of drug-likeness (QED) is 0.360. The van der Waals surface area contributed by atoms with Crippen LogP contribution >= 0.6 is 23.2 Å². The van der Waals surface area contributed by atoms with Crippen LogP contribution in [-0.2, 0) is 9.53 Å². The summed E-state index contributed by atoms with van der Waals surface area (Å²) >= 11 is 12.5. The third-order valence-corrected chi connectivity index (χ3v) is 7.49. The molecule has 0 saturated carbocycles. The molecule has 1 N–H and O–H groups in total. The van der Waals surface area contributed by atoms with Crippen LogP contribution in [0.1, 0.15) is 35.8 Å². The van der Waals surface area contributed by atoms with E-state index in [9.17, 15) is 14.4 Å². The summed E-state index contributed by atoms with van der Waals surface area (Å²) in [4.78, 5) is 45.3. The summed E-state index contributed by atoms with van der Waals surface area (Å²) < 4.78 is 5.46. The number of carbonyl (C=O) groups excluding carboxylic acids is 3. The van der Waals surface area contributed by atoms with Gasteiger partial charge in [0, 0.05) is 60.1 Å². The zero-order valence-corrected chi connectivity index (χ0v) is 23.5. The number of esters is 1. The molecule has 39 heavy (non-hydrogen) atoms. The Hall–Kier alpha value is -3.33. The minimum Gasteiger partial charge on any atom is -0.463 e. The van der Waals surface area contributed by atoms with Gasteiger partial charge < -0.3 is 15.0 Å². The number of hydrogen-bond donors (Lipinski definition) is 1. The second kappa shape index (κ2) is 12.7. The molecule has 2 aromatic carbocycles. The van der Waals surface area contributed by atoms with Crippen molar-refractivity contribution in [3.8, 4) is 0 Å². The zero-order chi connectivity index (χ0) is 28.1. The Labute approximate surface area is 238 Å². The van der Waals surface area contributed by atoms with E-state index in [1.54, 1.807) is 55.5 Å². The summed E-state index contributed by atoms with van der Waals surface area (Å²) in [6.07, 6.45) is 1.61. The van der Waals surface area contributed by atoms with Crippen molar-refractivity contribution < 1.29 is 19.1 Å². The van der Waals surface area contributed by atoms with Crippen molar-refractivity contribution in [2.75, 3.05) is 39.3 Å². The molecule has 0 radical (unpaired) electrons.